The van der Waals surface area contributed by atoms with Crippen LogP contribution in [0.15, 0.2) is 40.9 Å². The van der Waals surface area contributed by atoms with Gasteiger partial charge in [0, 0.05) is 11.4 Å². The van der Waals surface area contributed by atoms with Crippen molar-refractivity contribution < 1.29 is 14.3 Å². The van der Waals surface area contributed by atoms with E-state index in [0.717, 1.165) is 10.4 Å². The van der Waals surface area contributed by atoms with Gasteiger partial charge >= 0.3 is 0 Å². The molecule has 0 aliphatic rings. The van der Waals surface area contributed by atoms with Crippen LogP contribution in [-0.2, 0) is 16.1 Å². The molecule has 0 fully saturated rings. The van der Waals surface area contributed by atoms with Crippen LogP contribution < -0.4 is 10.1 Å². The van der Waals surface area contributed by atoms with Gasteiger partial charge in [0.05, 0.1) is 26.0 Å². The molecule has 0 spiro atoms. The van der Waals surface area contributed by atoms with Gasteiger partial charge in [0.15, 0.2) is 0 Å². The van der Waals surface area contributed by atoms with Gasteiger partial charge in [-0.1, -0.05) is 23.9 Å². The van der Waals surface area contributed by atoms with E-state index in [0.29, 0.717) is 29.7 Å². The van der Waals surface area contributed by atoms with Crippen LogP contribution in [0.5, 0.6) is 5.75 Å². The number of hydrogen-bond acceptors (Lipinski definition) is 8. The number of aryl methyl sites for hydroxylation is 1. The Bertz CT molecular complexity index is 1020. The standard InChI is InChI=1S/C20H24N6O3S2/c1-4-25(12-18(27)21-11-15-6-5-9-30-15)19(28)13-31-20-22-23-24-26(20)16-10-14(2)7-8-17(16)29-3/h5-10H,4,11-13H2,1-3H3,(H,21,27). The van der Waals surface area contributed by atoms with Crippen molar-refractivity contribution in [2.45, 2.75) is 25.5 Å². The number of hydrogen-bond donors (Lipinski definition) is 1. The van der Waals surface area contributed by atoms with Crippen molar-refractivity contribution in [3.05, 3.63) is 46.2 Å². The molecule has 11 heteroatoms. The summed E-state index contributed by atoms with van der Waals surface area (Å²) in [5.41, 5.74) is 1.73. The summed E-state index contributed by atoms with van der Waals surface area (Å²) in [6.07, 6.45) is 0. The number of carbonyl (C=O) groups excluding carboxylic acids is 2. The van der Waals surface area contributed by atoms with E-state index >= 15 is 0 Å². The zero-order valence-electron chi connectivity index (χ0n) is 17.6. The van der Waals surface area contributed by atoms with Crippen LogP contribution in [-0.4, -0.2) is 62.9 Å². The van der Waals surface area contributed by atoms with Gasteiger partial charge in [-0.15, -0.1) is 16.4 Å². The Morgan fingerprint density at radius 2 is 2.16 bits per heavy atom. The smallest absolute Gasteiger partial charge is 0.239 e. The SMILES string of the molecule is CCN(CC(=O)NCc1cccs1)C(=O)CSc1nnnn1-c1cc(C)ccc1OC. The van der Waals surface area contributed by atoms with Crippen molar-refractivity contribution >= 4 is 34.9 Å². The Kier molecular flexibility index (Phi) is 8.01. The molecule has 2 amide bonds. The predicted octanol–water partition coefficient (Wildman–Crippen LogP) is 2.30. The molecule has 164 valence electrons. The van der Waals surface area contributed by atoms with E-state index < -0.39 is 0 Å². The van der Waals surface area contributed by atoms with Crippen molar-refractivity contribution in [2.24, 2.45) is 0 Å². The second-order valence-corrected chi connectivity index (χ2v) is 8.58. The number of nitrogens with one attached hydrogen (secondary N) is 1. The van der Waals surface area contributed by atoms with Crippen LogP contribution in [0.1, 0.15) is 17.4 Å². The molecule has 0 radical (unpaired) electrons. The van der Waals surface area contributed by atoms with Crippen LogP contribution in [0.2, 0.25) is 0 Å². The van der Waals surface area contributed by atoms with Crippen molar-refractivity contribution in [1.82, 2.24) is 30.4 Å². The molecule has 31 heavy (non-hydrogen) atoms. The van der Waals surface area contributed by atoms with E-state index in [4.69, 9.17) is 4.74 Å². The van der Waals surface area contributed by atoms with Gasteiger partial charge in [0.2, 0.25) is 17.0 Å². The van der Waals surface area contributed by atoms with Crippen LogP contribution in [0.25, 0.3) is 5.69 Å². The number of thioether (sulfide) groups is 1. The van der Waals surface area contributed by atoms with Crippen LogP contribution >= 0.6 is 23.1 Å². The Labute approximate surface area is 188 Å². The highest BCUT2D eigenvalue weighted by molar-refractivity contribution is 7.99. The Morgan fingerprint density at radius 1 is 1.32 bits per heavy atom. The molecule has 0 atom stereocenters. The van der Waals surface area contributed by atoms with Gasteiger partial charge in [0.1, 0.15) is 11.4 Å². The fraction of sp³-hybridized carbons (Fsp3) is 0.350. The number of ether oxygens (including phenoxy) is 1. The number of carbonyl (C=O) groups is 2. The average Bonchev–Trinajstić information content (AvgIpc) is 3.46. The third-order valence-corrected chi connectivity index (χ3v) is 6.22. The molecule has 0 aliphatic carbocycles. The molecule has 0 bridgehead atoms. The van der Waals surface area contributed by atoms with E-state index in [9.17, 15) is 9.59 Å². The van der Waals surface area contributed by atoms with Crippen molar-refractivity contribution in [3.63, 3.8) is 0 Å². The van der Waals surface area contributed by atoms with Gasteiger partial charge in [-0.05, 0) is 53.4 Å². The molecular weight excluding hydrogens is 436 g/mol. The van der Waals surface area contributed by atoms with Gasteiger partial charge in [0.25, 0.3) is 0 Å². The topological polar surface area (TPSA) is 102 Å². The third-order valence-electron chi connectivity index (χ3n) is 4.44. The lowest BCUT2D eigenvalue weighted by Gasteiger charge is -2.20. The second-order valence-electron chi connectivity index (χ2n) is 6.60. The zero-order chi connectivity index (χ0) is 22.2. The molecule has 0 unspecified atom stereocenters. The number of benzene rings is 1. The summed E-state index contributed by atoms with van der Waals surface area (Å²) in [7, 11) is 1.58. The molecule has 2 heterocycles. The molecule has 0 saturated carbocycles. The summed E-state index contributed by atoms with van der Waals surface area (Å²) in [6.45, 7) is 4.72. The summed E-state index contributed by atoms with van der Waals surface area (Å²) in [4.78, 5) is 27.5. The number of thiophene rings is 1. The van der Waals surface area contributed by atoms with Gasteiger partial charge < -0.3 is 15.0 Å². The minimum absolute atomic E-state index is 0.0118. The maximum absolute atomic E-state index is 12.7. The monoisotopic (exact) mass is 460 g/mol. The van der Waals surface area contributed by atoms with E-state index in [1.165, 1.54) is 16.7 Å². The van der Waals surface area contributed by atoms with Crippen LogP contribution in [0.3, 0.4) is 0 Å². The molecule has 9 nitrogen and oxygen atoms in total. The quantitative estimate of drug-likeness (QED) is 0.463. The first kappa shape index (κ1) is 22.8. The first-order valence-electron chi connectivity index (χ1n) is 9.64. The maximum Gasteiger partial charge on any atom is 0.239 e. The molecule has 1 N–H and O–H groups in total. The summed E-state index contributed by atoms with van der Waals surface area (Å²) in [5, 5.41) is 17.1. The average molecular weight is 461 g/mol. The molecule has 1 aromatic carbocycles. The fourth-order valence-corrected chi connectivity index (χ4v) is 4.24. The fourth-order valence-electron chi connectivity index (χ4n) is 2.81. The van der Waals surface area contributed by atoms with Crippen LogP contribution in [0.4, 0.5) is 0 Å². The van der Waals surface area contributed by atoms with Crippen LogP contribution in [0, 0.1) is 6.92 Å². The molecule has 2 aromatic heterocycles. The van der Waals surface area contributed by atoms with Gasteiger partial charge in [-0.3, -0.25) is 9.59 Å². The zero-order valence-corrected chi connectivity index (χ0v) is 19.2. The van der Waals surface area contributed by atoms with Gasteiger partial charge in [-0.2, -0.15) is 4.68 Å². The minimum Gasteiger partial charge on any atom is -0.494 e. The largest absolute Gasteiger partial charge is 0.494 e. The number of nitrogens with zero attached hydrogens (tertiary/aromatic N) is 5. The highest BCUT2D eigenvalue weighted by Gasteiger charge is 2.19. The minimum atomic E-state index is -0.192. The van der Waals surface area contributed by atoms with Gasteiger partial charge in [-0.25, -0.2) is 0 Å². The highest BCUT2D eigenvalue weighted by Crippen LogP contribution is 2.27. The van der Waals surface area contributed by atoms with E-state index in [1.54, 1.807) is 23.1 Å². The highest BCUT2D eigenvalue weighted by atomic mass is 32.2. The van der Waals surface area contributed by atoms with E-state index in [1.807, 2.05) is 49.6 Å². The number of tetrazole rings is 1. The van der Waals surface area contributed by atoms with E-state index in [-0.39, 0.29) is 24.1 Å². The van der Waals surface area contributed by atoms with Crippen molar-refractivity contribution in [1.29, 1.82) is 0 Å². The predicted molar refractivity (Wildman–Crippen MR) is 120 cm³/mol. The lowest BCUT2D eigenvalue weighted by molar-refractivity contribution is -0.133. The second kappa shape index (κ2) is 10.9. The summed E-state index contributed by atoms with van der Waals surface area (Å²) >= 11 is 2.79. The Balaban J connectivity index is 1.59. The number of rotatable bonds is 10. The summed E-state index contributed by atoms with van der Waals surface area (Å²) in [6, 6.07) is 9.59. The molecule has 3 aromatic rings. The first-order valence-corrected chi connectivity index (χ1v) is 11.5. The lowest BCUT2D eigenvalue weighted by atomic mass is 10.2. The number of likely N-dealkylation sites (N-methyl/N-ethyl adjacent to an activating group) is 1. The Hall–Kier alpha value is -2.92. The number of methoxy groups -OCH3 is 1. The summed E-state index contributed by atoms with van der Waals surface area (Å²) in [5.74, 6) is 0.386. The molecular formula is C20H24N6O3S2. The lowest BCUT2D eigenvalue weighted by Crippen LogP contribution is -2.41. The maximum atomic E-state index is 12.7. The molecule has 0 aliphatic heterocycles. The first-order chi connectivity index (χ1) is 15.0. The molecule has 3 rings (SSSR count). The number of aromatic nitrogens is 4. The molecule has 0 saturated heterocycles. The van der Waals surface area contributed by atoms with Crippen molar-refractivity contribution in [2.75, 3.05) is 26.0 Å². The summed E-state index contributed by atoms with van der Waals surface area (Å²) < 4.78 is 6.96. The normalized spacial score (nSPS) is 10.7. The third kappa shape index (κ3) is 6.05. The van der Waals surface area contributed by atoms with E-state index in [2.05, 4.69) is 20.8 Å². The number of amides is 2. The Morgan fingerprint density at radius 3 is 2.87 bits per heavy atom. The van der Waals surface area contributed by atoms with Crippen molar-refractivity contribution in [3.8, 4) is 11.4 Å².